The van der Waals surface area contributed by atoms with Crippen LogP contribution in [-0.2, 0) is 11.3 Å². The van der Waals surface area contributed by atoms with E-state index in [9.17, 15) is 9.18 Å². The molecule has 25 heavy (non-hydrogen) atoms. The van der Waals surface area contributed by atoms with Crippen LogP contribution < -0.4 is 0 Å². The molecule has 0 aliphatic carbocycles. The van der Waals surface area contributed by atoms with E-state index in [1.165, 1.54) is 12.1 Å². The molecular formula is C19H25FN4O. The normalized spacial score (nSPS) is 16.2. The molecule has 0 unspecified atom stereocenters. The zero-order chi connectivity index (χ0) is 18.0. The van der Waals surface area contributed by atoms with Gasteiger partial charge in [-0.3, -0.25) is 14.8 Å². The van der Waals surface area contributed by atoms with E-state index in [0.717, 1.165) is 49.5 Å². The van der Waals surface area contributed by atoms with E-state index in [2.05, 4.69) is 15.1 Å². The smallest absolute Gasteiger partial charge is 0.228 e. The Morgan fingerprint density at radius 2 is 1.80 bits per heavy atom. The molecule has 1 N–H and O–H groups in total. The van der Waals surface area contributed by atoms with Crippen LogP contribution in [0, 0.1) is 11.2 Å². The highest BCUT2D eigenvalue weighted by Crippen LogP contribution is 2.24. The average Bonchev–Trinajstić information content (AvgIpc) is 3.03. The largest absolute Gasteiger partial charge is 0.340 e. The van der Waals surface area contributed by atoms with Crippen LogP contribution in [0.1, 0.15) is 26.3 Å². The van der Waals surface area contributed by atoms with Gasteiger partial charge in [0.1, 0.15) is 5.82 Å². The molecule has 1 aliphatic rings. The predicted molar refractivity (Wildman–Crippen MR) is 95.3 cm³/mol. The number of carbonyl (C=O) groups is 1. The van der Waals surface area contributed by atoms with Crippen molar-refractivity contribution in [3.05, 3.63) is 41.8 Å². The number of H-pyrrole nitrogens is 1. The maximum Gasteiger partial charge on any atom is 0.228 e. The van der Waals surface area contributed by atoms with Crippen molar-refractivity contribution >= 4 is 5.91 Å². The number of rotatable bonds is 3. The fraction of sp³-hybridized carbons (Fsp3) is 0.474. The molecule has 0 spiro atoms. The lowest BCUT2D eigenvalue weighted by molar-refractivity contribution is -0.141. The summed E-state index contributed by atoms with van der Waals surface area (Å²) in [6.45, 7) is 9.83. The van der Waals surface area contributed by atoms with E-state index in [-0.39, 0.29) is 17.1 Å². The van der Waals surface area contributed by atoms with E-state index >= 15 is 0 Å². The summed E-state index contributed by atoms with van der Waals surface area (Å²) in [6, 6.07) is 6.42. The van der Waals surface area contributed by atoms with Crippen LogP contribution in [-0.4, -0.2) is 52.1 Å². The van der Waals surface area contributed by atoms with Gasteiger partial charge in [-0.25, -0.2) is 4.39 Å². The molecule has 1 aromatic heterocycles. The first kappa shape index (κ1) is 17.6. The first-order valence-electron chi connectivity index (χ1n) is 8.64. The fourth-order valence-corrected chi connectivity index (χ4v) is 3.12. The third-order valence-corrected chi connectivity index (χ3v) is 4.55. The number of hydrogen-bond donors (Lipinski definition) is 1. The van der Waals surface area contributed by atoms with Gasteiger partial charge in [0.15, 0.2) is 0 Å². The van der Waals surface area contributed by atoms with E-state index in [4.69, 9.17) is 0 Å². The number of piperazine rings is 1. The molecule has 134 valence electrons. The lowest BCUT2D eigenvalue weighted by Gasteiger charge is -2.37. The summed E-state index contributed by atoms with van der Waals surface area (Å²) < 4.78 is 13.1. The predicted octanol–water partition coefficient (Wildman–Crippen LogP) is 2.91. The monoisotopic (exact) mass is 344 g/mol. The molecular weight excluding hydrogens is 319 g/mol. The van der Waals surface area contributed by atoms with Gasteiger partial charge < -0.3 is 4.90 Å². The summed E-state index contributed by atoms with van der Waals surface area (Å²) >= 11 is 0. The zero-order valence-electron chi connectivity index (χ0n) is 15.1. The quantitative estimate of drug-likeness (QED) is 0.931. The Bertz CT molecular complexity index is 725. The van der Waals surface area contributed by atoms with Crippen LogP contribution in [0.4, 0.5) is 4.39 Å². The molecule has 5 nitrogen and oxygen atoms in total. The van der Waals surface area contributed by atoms with Gasteiger partial charge in [0.25, 0.3) is 0 Å². The molecule has 1 aromatic carbocycles. The molecule has 0 atom stereocenters. The molecule has 1 amide bonds. The molecule has 1 fully saturated rings. The first-order valence-corrected chi connectivity index (χ1v) is 8.64. The van der Waals surface area contributed by atoms with Gasteiger partial charge in [-0.1, -0.05) is 20.8 Å². The topological polar surface area (TPSA) is 52.2 Å². The highest BCUT2D eigenvalue weighted by Gasteiger charge is 2.29. The van der Waals surface area contributed by atoms with Crippen LogP contribution in [0.2, 0.25) is 0 Å². The van der Waals surface area contributed by atoms with Gasteiger partial charge in [-0.2, -0.15) is 5.10 Å². The lowest BCUT2D eigenvalue weighted by Crippen LogP contribution is -2.51. The van der Waals surface area contributed by atoms with Crippen LogP contribution in [0.15, 0.2) is 30.5 Å². The number of nitrogens with one attached hydrogen (secondary N) is 1. The van der Waals surface area contributed by atoms with Crippen molar-refractivity contribution in [1.29, 1.82) is 0 Å². The van der Waals surface area contributed by atoms with Crippen molar-refractivity contribution in [2.24, 2.45) is 5.41 Å². The minimum absolute atomic E-state index is 0.211. The van der Waals surface area contributed by atoms with Crippen molar-refractivity contribution in [3.63, 3.8) is 0 Å². The Morgan fingerprint density at radius 3 is 2.40 bits per heavy atom. The van der Waals surface area contributed by atoms with Crippen molar-refractivity contribution < 1.29 is 9.18 Å². The summed E-state index contributed by atoms with van der Waals surface area (Å²) in [5, 5.41) is 7.17. The number of aromatic nitrogens is 2. The summed E-state index contributed by atoms with van der Waals surface area (Å²) in [6.07, 6.45) is 1.82. The van der Waals surface area contributed by atoms with E-state index < -0.39 is 0 Å². The molecule has 6 heteroatoms. The standard InChI is InChI=1S/C19H25FN4O/c1-19(2,3)18(25)24-10-8-23(9-11-24)13-15-12-21-22-17(15)14-4-6-16(20)7-5-14/h4-7,12H,8-11,13H2,1-3H3,(H,21,22). The molecule has 1 aliphatic heterocycles. The highest BCUT2D eigenvalue weighted by atomic mass is 19.1. The van der Waals surface area contributed by atoms with E-state index in [1.54, 1.807) is 12.1 Å². The molecule has 2 heterocycles. The number of benzene rings is 1. The average molecular weight is 344 g/mol. The number of hydrogen-bond acceptors (Lipinski definition) is 3. The van der Waals surface area contributed by atoms with Crippen molar-refractivity contribution in [3.8, 4) is 11.3 Å². The molecule has 0 bridgehead atoms. The molecule has 2 aromatic rings. The van der Waals surface area contributed by atoms with Gasteiger partial charge in [0.2, 0.25) is 5.91 Å². The zero-order valence-corrected chi connectivity index (χ0v) is 15.1. The Labute approximate surface area is 147 Å². The SMILES string of the molecule is CC(C)(C)C(=O)N1CCN(Cc2cn[nH]c2-c2ccc(F)cc2)CC1. The molecule has 0 radical (unpaired) electrons. The van der Waals surface area contributed by atoms with Gasteiger partial charge in [0.05, 0.1) is 11.9 Å². The lowest BCUT2D eigenvalue weighted by atomic mass is 9.94. The Hall–Kier alpha value is -2.21. The van der Waals surface area contributed by atoms with Gasteiger partial charge in [-0.05, 0) is 24.3 Å². The number of carbonyl (C=O) groups excluding carboxylic acids is 1. The van der Waals surface area contributed by atoms with E-state index in [1.807, 2.05) is 31.9 Å². The Kier molecular flexibility index (Phi) is 4.90. The first-order chi connectivity index (χ1) is 11.8. The van der Waals surface area contributed by atoms with Gasteiger partial charge in [0, 0.05) is 49.3 Å². The Balaban J connectivity index is 1.63. The minimum Gasteiger partial charge on any atom is -0.340 e. The molecule has 1 saturated heterocycles. The second kappa shape index (κ2) is 6.96. The van der Waals surface area contributed by atoms with Crippen molar-refractivity contribution in [1.82, 2.24) is 20.0 Å². The molecule has 3 rings (SSSR count). The van der Waals surface area contributed by atoms with Gasteiger partial charge in [-0.15, -0.1) is 0 Å². The van der Waals surface area contributed by atoms with Gasteiger partial charge >= 0.3 is 0 Å². The second-order valence-corrected chi connectivity index (χ2v) is 7.60. The maximum atomic E-state index is 13.1. The van der Waals surface area contributed by atoms with Crippen LogP contribution >= 0.6 is 0 Å². The van der Waals surface area contributed by atoms with Crippen molar-refractivity contribution in [2.45, 2.75) is 27.3 Å². The minimum atomic E-state index is -0.331. The Morgan fingerprint density at radius 1 is 1.16 bits per heavy atom. The number of amides is 1. The summed E-state index contributed by atoms with van der Waals surface area (Å²) in [5.41, 5.74) is 2.61. The van der Waals surface area contributed by atoms with Crippen LogP contribution in [0.5, 0.6) is 0 Å². The third-order valence-electron chi connectivity index (χ3n) is 4.55. The van der Waals surface area contributed by atoms with Crippen molar-refractivity contribution in [2.75, 3.05) is 26.2 Å². The number of halogens is 1. The highest BCUT2D eigenvalue weighted by molar-refractivity contribution is 5.81. The third kappa shape index (κ3) is 4.07. The van der Waals surface area contributed by atoms with E-state index in [0.29, 0.717) is 0 Å². The number of aromatic amines is 1. The fourth-order valence-electron chi connectivity index (χ4n) is 3.12. The van der Waals surface area contributed by atoms with Crippen LogP contribution in [0.3, 0.4) is 0 Å². The summed E-state index contributed by atoms with van der Waals surface area (Å²) in [7, 11) is 0. The maximum absolute atomic E-state index is 13.1. The summed E-state index contributed by atoms with van der Waals surface area (Å²) in [5.74, 6) is -0.0353. The second-order valence-electron chi connectivity index (χ2n) is 7.60. The van der Waals surface area contributed by atoms with Crippen LogP contribution in [0.25, 0.3) is 11.3 Å². The number of nitrogens with zero attached hydrogens (tertiary/aromatic N) is 3. The summed E-state index contributed by atoms with van der Waals surface area (Å²) in [4.78, 5) is 16.6. The molecule has 0 saturated carbocycles.